The first-order valence-electron chi connectivity index (χ1n) is 9.17. The molecule has 0 atom stereocenters. The number of carbonyl (C=O) groups excluding carboxylic acids is 2. The highest BCUT2D eigenvalue weighted by Crippen LogP contribution is 2.25. The third-order valence-corrected chi connectivity index (χ3v) is 5.35. The molecular formula is C20H18Cl2N4O4. The summed E-state index contributed by atoms with van der Waals surface area (Å²) in [7, 11) is 0. The molecule has 0 unspecified atom stereocenters. The number of nitro groups is 1. The zero-order valence-electron chi connectivity index (χ0n) is 15.8. The van der Waals surface area contributed by atoms with Gasteiger partial charge in [0.1, 0.15) is 0 Å². The molecule has 1 N–H and O–H groups in total. The Balaban J connectivity index is 1.50. The molecule has 1 aliphatic heterocycles. The quantitative estimate of drug-likeness (QED) is 0.425. The van der Waals surface area contributed by atoms with Gasteiger partial charge in [-0.1, -0.05) is 23.2 Å². The lowest BCUT2D eigenvalue weighted by Crippen LogP contribution is -2.42. The molecule has 1 saturated heterocycles. The van der Waals surface area contributed by atoms with E-state index in [2.05, 4.69) is 10.5 Å². The summed E-state index contributed by atoms with van der Waals surface area (Å²) in [6, 6.07) is 10.5. The van der Waals surface area contributed by atoms with Crippen LogP contribution in [0.2, 0.25) is 10.0 Å². The molecule has 0 radical (unpaired) electrons. The zero-order valence-corrected chi connectivity index (χ0v) is 17.3. The third kappa shape index (κ3) is 5.34. The first kappa shape index (κ1) is 21.7. The predicted molar refractivity (Wildman–Crippen MR) is 114 cm³/mol. The molecular weight excluding hydrogens is 431 g/mol. The lowest BCUT2D eigenvalue weighted by molar-refractivity contribution is -0.384. The number of nitro benzene ring substituents is 1. The summed E-state index contributed by atoms with van der Waals surface area (Å²) >= 11 is 12.0. The molecule has 1 fully saturated rings. The third-order valence-electron chi connectivity index (χ3n) is 4.81. The van der Waals surface area contributed by atoms with Gasteiger partial charge >= 0.3 is 0 Å². The summed E-state index contributed by atoms with van der Waals surface area (Å²) in [5.74, 6) is -0.680. The minimum Gasteiger partial charge on any atom is -0.339 e. The van der Waals surface area contributed by atoms with Crippen LogP contribution in [0.5, 0.6) is 0 Å². The number of amides is 2. The molecule has 0 bridgehead atoms. The van der Waals surface area contributed by atoms with E-state index >= 15 is 0 Å². The van der Waals surface area contributed by atoms with Crippen LogP contribution in [0, 0.1) is 16.0 Å². The molecule has 10 heteroatoms. The smallest absolute Gasteiger partial charge is 0.269 e. The van der Waals surface area contributed by atoms with Gasteiger partial charge in [-0.25, -0.2) is 5.43 Å². The molecule has 8 nitrogen and oxygen atoms in total. The highest BCUT2D eigenvalue weighted by molar-refractivity contribution is 6.36. The van der Waals surface area contributed by atoms with Crippen LogP contribution in [-0.4, -0.2) is 40.9 Å². The number of nitrogens with one attached hydrogen (secondary N) is 1. The van der Waals surface area contributed by atoms with Crippen molar-refractivity contribution in [3.8, 4) is 0 Å². The van der Waals surface area contributed by atoms with Crippen molar-refractivity contribution in [1.29, 1.82) is 0 Å². The van der Waals surface area contributed by atoms with Gasteiger partial charge in [-0.05, 0) is 48.7 Å². The van der Waals surface area contributed by atoms with E-state index < -0.39 is 4.92 Å². The van der Waals surface area contributed by atoms with Crippen LogP contribution in [0.25, 0.3) is 0 Å². The Hall–Kier alpha value is -2.97. The first-order valence-corrected chi connectivity index (χ1v) is 9.92. The average molecular weight is 449 g/mol. The number of likely N-dealkylation sites (tertiary alicyclic amines) is 1. The van der Waals surface area contributed by atoms with Gasteiger partial charge in [0.15, 0.2) is 0 Å². The summed E-state index contributed by atoms with van der Waals surface area (Å²) < 4.78 is 0. The van der Waals surface area contributed by atoms with Crippen LogP contribution in [0.1, 0.15) is 28.8 Å². The van der Waals surface area contributed by atoms with E-state index in [-0.39, 0.29) is 23.4 Å². The summed E-state index contributed by atoms with van der Waals surface area (Å²) in [5.41, 5.74) is 3.48. The van der Waals surface area contributed by atoms with Gasteiger partial charge in [-0.15, -0.1) is 0 Å². The van der Waals surface area contributed by atoms with Gasteiger partial charge in [0.25, 0.3) is 11.6 Å². The van der Waals surface area contributed by atoms with E-state index in [0.717, 1.165) is 0 Å². The monoisotopic (exact) mass is 448 g/mol. The maximum absolute atomic E-state index is 12.6. The fourth-order valence-corrected chi connectivity index (χ4v) is 3.61. The van der Waals surface area contributed by atoms with Crippen LogP contribution < -0.4 is 5.43 Å². The minimum atomic E-state index is -0.485. The lowest BCUT2D eigenvalue weighted by atomic mass is 9.95. The fourth-order valence-electron chi connectivity index (χ4n) is 3.12. The maximum Gasteiger partial charge on any atom is 0.269 e. The summed E-state index contributed by atoms with van der Waals surface area (Å²) in [5, 5.41) is 15.3. The Labute approximate surface area is 182 Å². The van der Waals surface area contributed by atoms with Crippen molar-refractivity contribution in [2.75, 3.05) is 13.1 Å². The van der Waals surface area contributed by atoms with Gasteiger partial charge in [0.2, 0.25) is 5.91 Å². The SMILES string of the molecule is O=C(N/N=C\c1ccc([N+](=O)[O-])cc1)C1CCN(C(=O)c2ccc(Cl)cc2Cl)CC1. The van der Waals surface area contributed by atoms with E-state index in [1.54, 1.807) is 29.2 Å². The van der Waals surface area contributed by atoms with Crippen molar-refractivity contribution in [1.82, 2.24) is 10.3 Å². The molecule has 2 amide bonds. The zero-order chi connectivity index (χ0) is 21.7. The first-order chi connectivity index (χ1) is 14.3. The Morgan fingerprint density at radius 2 is 1.80 bits per heavy atom. The Bertz CT molecular complexity index is 987. The van der Waals surface area contributed by atoms with Gasteiger partial charge in [-0.2, -0.15) is 5.10 Å². The lowest BCUT2D eigenvalue weighted by Gasteiger charge is -2.31. The number of carbonyl (C=O) groups is 2. The standard InChI is InChI=1S/C20H18Cl2N4O4/c21-15-3-6-17(18(22)11-15)20(28)25-9-7-14(8-10-25)19(27)24-23-12-13-1-4-16(5-2-13)26(29)30/h1-6,11-12,14H,7-10H2,(H,24,27)/b23-12-. The van der Waals surface area contributed by atoms with Crippen LogP contribution in [-0.2, 0) is 4.79 Å². The van der Waals surface area contributed by atoms with Crippen molar-refractivity contribution in [2.45, 2.75) is 12.8 Å². The molecule has 1 heterocycles. The van der Waals surface area contributed by atoms with Crippen LogP contribution in [0.15, 0.2) is 47.6 Å². The summed E-state index contributed by atoms with van der Waals surface area (Å²) in [6.07, 6.45) is 2.44. The summed E-state index contributed by atoms with van der Waals surface area (Å²) in [4.78, 5) is 36.8. The van der Waals surface area contributed by atoms with Gasteiger partial charge in [0.05, 0.1) is 21.7 Å². The van der Waals surface area contributed by atoms with Gasteiger partial charge < -0.3 is 4.90 Å². The van der Waals surface area contributed by atoms with Gasteiger partial charge in [-0.3, -0.25) is 19.7 Å². The second-order valence-corrected chi connectivity index (χ2v) is 7.62. The van der Waals surface area contributed by atoms with Crippen LogP contribution in [0.3, 0.4) is 0 Å². The fraction of sp³-hybridized carbons (Fsp3) is 0.250. The molecule has 0 spiro atoms. The molecule has 3 rings (SSSR count). The molecule has 30 heavy (non-hydrogen) atoms. The van der Waals surface area contributed by atoms with Crippen molar-refractivity contribution in [3.63, 3.8) is 0 Å². The molecule has 1 aliphatic rings. The molecule has 156 valence electrons. The number of benzene rings is 2. The largest absolute Gasteiger partial charge is 0.339 e. The Morgan fingerprint density at radius 1 is 1.13 bits per heavy atom. The van der Waals surface area contributed by atoms with Crippen molar-refractivity contribution in [2.24, 2.45) is 11.0 Å². The molecule has 0 aromatic heterocycles. The van der Waals surface area contributed by atoms with E-state index in [4.69, 9.17) is 23.2 Å². The maximum atomic E-state index is 12.6. The highest BCUT2D eigenvalue weighted by atomic mass is 35.5. The van der Waals surface area contributed by atoms with Crippen molar-refractivity contribution < 1.29 is 14.5 Å². The number of piperidine rings is 1. The highest BCUT2D eigenvalue weighted by Gasteiger charge is 2.28. The number of hydrogen-bond donors (Lipinski definition) is 1. The normalized spacial score (nSPS) is 14.7. The molecule has 0 saturated carbocycles. The number of rotatable bonds is 5. The second-order valence-electron chi connectivity index (χ2n) is 6.77. The number of non-ortho nitro benzene ring substituents is 1. The van der Waals surface area contributed by atoms with E-state index in [1.165, 1.54) is 24.4 Å². The van der Waals surface area contributed by atoms with E-state index in [1.807, 2.05) is 0 Å². The average Bonchev–Trinajstić information content (AvgIpc) is 2.73. The topological polar surface area (TPSA) is 105 Å². The Kier molecular flexibility index (Phi) is 7.02. The van der Waals surface area contributed by atoms with Crippen molar-refractivity contribution >= 4 is 46.9 Å². The molecule has 0 aliphatic carbocycles. The van der Waals surface area contributed by atoms with Crippen LogP contribution in [0.4, 0.5) is 5.69 Å². The molecule has 2 aromatic rings. The van der Waals surface area contributed by atoms with Crippen LogP contribution >= 0.6 is 23.2 Å². The molecule has 2 aromatic carbocycles. The number of hydrogen-bond acceptors (Lipinski definition) is 5. The minimum absolute atomic E-state index is 0.0163. The number of nitrogens with zero attached hydrogens (tertiary/aromatic N) is 3. The number of hydrazone groups is 1. The summed E-state index contributed by atoms with van der Waals surface area (Å²) in [6.45, 7) is 0.865. The number of halogens is 2. The van der Waals surface area contributed by atoms with E-state index in [0.29, 0.717) is 47.1 Å². The Morgan fingerprint density at radius 3 is 2.40 bits per heavy atom. The second kappa shape index (κ2) is 9.69. The van der Waals surface area contributed by atoms with E-state index in [9.17, 15) is 19.7 Å². The van der Waals surface area contributed by atoms with Gasteiger partial charge in [0, 0.05) is 36.2 Å². The predicted octanol–water partition coefficient (Wildman–Crippen LogP) is 3.90. The van der Waals surface area contributed by atoms with Crippen molar-refractivity contribution in [3.05, 3.63) is 73.8 Å².